The molecule has 1 aliphatic heterocycles. The molecule has 1 saturated heterocycles. The predicted octanol–water partition coefficient (Wildman–Crippen LogP) is 3.45. The molecule has 8 N–H and O–H groups in total. The highest BCUT2D eigenvalue weighted by Crippen LogP contribution is 2.22. The summed E-state index contributed by atoms with van der Waals surface area (Å²) in [7, 11) is 0. The summed E-state index contributed by atoms with van der Waals surface area (Å²) in [6.07, 6.45) is 7.17. The van der Waals surface area contributed by atoms with E-state index in [1.165, 1.54) is 24.3 Å². The summed E-state index contributed by atoms with van der Waals surface area (Å²) >= 11 is 5.75. The van der Waals surface area contributed by atoms with E-state index >= 15 is 0 Å². The number of benzene rings is 2. The Hall–Kier alpha value is -3.87. The van der Waals surface area contributed by atoms with Crippen LogP contribution < -0.4 is 21.7 Å². The molecule has 0 aliphatic carbocycles. The van der Waals surface area contributed by atoms with Gasteiger partial charge in [0.2, 0.25) is 17.7 Å². The molecule has 0 aromatic heterocycles. The molecule has 5 atom stereocenters. The van der Waals surface area contributed by atoms with Crippen molar-refractivity contribution in [2.24, 2.45) is 11.7 Å². The standard InChI is InChI=1S/C37H54ClN5O7/c1-24(2)33(40-23-27(39)9-6-4-3-5-7-19-38)36(48)43-20-8-10-32(43)35(47)41-30(21-25-11-15-28(44)16-12-25)34(46)42-31(37(49)50)22-26-13-17-29(45)18-14-26/h11-18,24,27,30-33,40,44-45H,3-10,19-23,39H2,1-2H3,(H,41,47)(H,42,46)(H,49,50)/t27-,30+,31+,32-,33+/m1/s1. The fourth-order valence-electron chi connectivity index (χ4n) is 6.19. The number of amides is 3. The molecule has 0 spiro atoms. The first-order valence-corrected chi connectivity index (χ1v) is 18.2. The van der Waals surface area contributed by atoms with Crippen LogP contribution in [0.3, 0.4) is 0 Å². The lowest BCUT2D eigenvalue weighted by atomic mass is 10.0. The molecule has 1 aliphatic rings. The number of nitrogens with two attached hydrogens (primary N) is 1. The van der Waals surface area contributed by atoms with Gasteiger partial charge in [0.15, 0.2) is 0 Å². The van der Waals surface area contributed by atoms with Crippen molar-refractivity contribution in [3.63, 3.8) is 0 Å². The number of halogens is 1. The lowest BCUT2D eigenvalue weighted by Crippen LogP contribution is -2.58. The first-order valence-electron chi connectivity index (χ1n) is 17.6. The number of nitrogens with one attached hydrogen (secondary N) is 3. The average molecular weight is 716 g/mol. The number of hydrogen-bond donors (Lipinski definition) is 7. The molecule has 13 heteroatoms. The van der Waals surface area contributed by atoms with E-state index in [0.29, 0.717) is 42.9 Å². The summed E-state index contributed by atoms with van der Waals surface area (Å²) in [5, 5.41) is 37.9. The number of carboxylic acids is 1. The summed E-state index contributed by atoms with van der Waals surface area (Å²) in [6, 6.07) is 8.19. The molecule has 0 bridgehead atoms. The van der Waals surface area contributed by atoms with E-state index in [1.807, 2.05) is 13.8 Å². The van der Waals surface area contributed by atoms with Gasteiger partial charge >= 0.3 is 5.97 Å². The van der Waals surface area contributed by atoms with Crippen molar-refractivity contribution in [3.05, 3.63) is 59.7 Å². The zero-order chi connectivity index (χ0) is 36.6. The Bertz CT molecular complexity index is 1380. The lowest BCUT2D eigenvalue weighted by Gasteiger charge is -2.32. The van der Waals surface area contributed by atoms with E-state index in [2.05, 4.69) is 16.0 Å². The van der Waals surface area contributed by atoms with Crippen molar-refractivity contribution in [1.82, 2.24) is 20.9 Å². The van der Waals surface area contributed by atoms with Gasteiger partial charge in [0.1, 0.15) is 29.6 Å². The Balaban J connectivity index is 1.69. The summed E-state index contributed by atoms with van der Waals surface area (Å²) < 4.78 is 0. The Kier molecular flexibility index (Phi) is 16.8. The smallest absolute Gasteiger partial charge is 0.326 e. The SMILES string of the molecule is CC(C)[C@H](NC[C@H](N)CCCCCCCCl)C(=O)N1CCC[C@@H]1C(=O)N[C@@H](Cc1ccc(O)cc1)C(=O)N[C@@H](Cc1ccc(O)cc1)C(=O)O. The van der Waals surface area contributed by atoms with E-state index in [-0.39, 0.29) is 42.2 Å². The van der Waals surface area contributed by atoms with Crippen molar-refractivity contribution >= 4 is 35.3 Å². The number of phenols is 2. The number of rotatable bonds is 21. The number of carbonyl (C=O) groups excluding carboxylic acids is 3. The van der Waals surface area contributed by atoms with E-state index < -0.39 is 42.0 Å². The number of aromatic hydroxyl groups is 2. The molecular weight excluding hydrogens is 662 g/mol. The van der Waals surface area contributed by atoms with Crippen molar-refractivity contribution in [2.75, 3.05) is 19.0 Å². The number of carboxylic acid groups (broad SMARTS) is 1. The Morgan fingerprint density at radius 2 is 1.42 bits per heavy atom. The number of unbranched alkanes of at least 4 members (excludes halogenated alkanes) is 4. The van der Waals surface area contributed by atoms with Crippen LogP contribution in [0.2, 0.25) is 0 Å². The normalized spacial score (nSPS) is 16.8. The molecule has 276 valence electrons. The van der Waals surface area contributed by atoms with Gasteiger partial charge in [-0.1, -0.05) is 63.8 Å². The average Bonchev–Trinajstić information content (AvgIpc) is 3.58. The van der Waals surface area contributed by atoms with E-state index in [4.69, 9.17) is 17.3 Å². The number of carbonyl (C=O) groups is 4. The summed E-state index contributed by atoms with van der Waals surface area (Å²) in [6.45, 7) is 4.74. The molecule has 2 aromatic rings. The number of aliphatic carboxylic acids is 1. The summed E-state index contributed by atoms with van der Waals surface area (Å²) in [5.41, 5.74) is 7.59. The van der Waals surface area contributed by atoms with E-state index in [1.54, 1.807) is 29.2 Å². The second kappa shape index (κ2) is 20.7. The maximum atomic E-state index is 13.9. The largest absolute Gasteiger partial charge is 0.508 e. The Morgan fingerprint density at radius 1 is 0.860 bits per heavy atom. The molecule has 0 radical (unpaired) electrons. The third-order valence-corrected chi connectivity index (χ3v) is 9.35. The molecule has 3 rings (SSSR count). The zero-order valence-electron chi connectivity index (χ0n) is 29.2. The van der Waals surface area contributed by atoms with E-state index in [9.17, 15) is 34.5 Å². The molecular formula is C37H54ClN5O7. The second-order valence-corrected chi connectivity index (χ2v) is 13.9. The van der Waals surface area contributed by atoms with Gasteiger partial charge in [-0.3, -0.25) is 14.4 Å². The number of alkyl halides is 1. The predicted molar refractivity (Wildman–Crippen MR) is 193 cm³/mol. The molecule has 0 unspecified atom stereocenters. The van der Waals surface area contributed by atoms with E-state index in [0.717, 1.165) is 38.5 Å². The van der Waals surface area contributed by atoms with Gasteiger partial charge in [-0.15, -0.1) is 11.6 Å². The van der Waals surface area contributed by atoms with Crippen LogP contribution in [0.1, 0.15) is 76.3 Å². The van der Waals surface area contributed by atoms with Crippen molar-refractivity contribution in [3.8, 4) is 11.5 Å². The van der Waals surface area contributed by atoms with Gasteiger partial charge in [-0.2, -0.15) is 0 Å². The minimum absolute atomic E-state index is 0.0187. The number of nitrogens with zero attached hydrogens (tertiary/aromatic N) is 1. The first-order chi connectivity index (χ1) is 23.9. The molecule has 2 aromatic carbocycles. The molecule has 1 heterocycles. The van der Waals surface area contributed by atoms with Crippen molar-refractivity contribution in [1.29, 1.82) is 0 Å². The fourth-order valence-corrected chi connectivity index (χ4v) is 6.38. The van der Waals surface area contributed by atoms with Gasteiger partial charge in [0, 0.05) is 37.9 Å². The topological polar surface area (TPSA) is 194 Å². The highest BCUT2D eigenvalue weighted by atomic mass is 35.5. The quantitative estimate of drug-likeness (QED) is 0.0749. The van der Waals surface area contributed by atoms with Crippen LogP contribution in [-0.2, 0) is 32.0 Å². The molecule has 1 fully saturated rings. The number of hydrogen-bond acceptors (Lipinski definition) is 8. The van der Waals surface area contributed by atoms with Gasteiger partial charge in [0.05, 0.1) is 6.04 Å². The summed E-state index contributed by atoms with van der Waals surface area (Å²) in [4.78, 5) is 55.1. The van der Waals surface area contributed by atoms with Crippen LogP contribution in [0, 0.1) is 5.92 Å². The van der Waals surface area contributed by atoms with Crippen LogP contribution in [0.4, 0.5) is 0 Å². The maximum Gasteiger partial charge on any atom is 0.326 e. The zero-order valence-corrected chi connectivity index (χ0v) is 29.9. The van der Waals surface area contributed by atoms with Gasteiger partial charge in [-0.25, -0.2) is 4.79 Å². The van der Waals surface area contributed by atoms with Gasteiger partial charge < -0.3 is 41.9 Å². The minimum atomic E-state index is -1.31. The number of likely N-dealkylation sites (tertiary alicyclic amines) is 1. The van der Waals surface area contributed by atoms with Crippen LogP contribution in [0.15, 0.2) is 48.5 Å². The third-order valence-electron chi connectivity index (χ3n) is 9.08. The fraction of sp³-hybridized carbons (Fsp3) is 0.568. The highest BCUT2D eigenvalue weighted by Gasteiger charge is 2.39. The molecule has 12 nitrogen and oxygen atoms in total. The third kappa shape index (κ3) is 13.1. The highest BCUT2D eigenvalue weighted by molar-refractivity contribution is 6.17. The van der Waals surface area contributed by atoms with Crippen molar-refractivity contribution in [2.45, 2.75) is 108 Å². The Morgan fingerprint density at radius 3 is 1.98 bits per heavy atom. The second-order valence-electron chi connectivity index (χ2n) is 13.5. The van der Waals surface area contributed by atoms with Crippen LogP contribution in [0.5, 0.6) is 11.5 Å². The molecule has 50 heavy (non-hydrogen) atoms. The van der Waals surface area contributed by atoms with Crippen LogP contribution in [0.25, 0.3) is 0 Å². The van der Waals surface area contributed by atoms with Crippen LogP contribution >= 0.6 is 11.6 Å². The summed E-state index contributed by atoms with van der Waals surface area (Å²) in [5.74, 6) is -2.00. The first kappa shape index (κ1) is 40.6. The van der Waals surface area contributed by atoms with Crippen molar-refractivity contribution < 1.29 is 34.5 Å². The lowest BCUT2D eigenvalue weighted by molar-refractivity contribution is -0.143. The van der Waals surface area contributed by atoms with Crippen LogP contribution in [-0.4, -0.2) is 93.1 Å². The molecule has 0 saturated carbocycles. The minimum Gasteiger partial charge on any atom is -0.508 e. The Labute approximate surface area is 300 Å². The van der Waals surface area contributed by atoms with Gasteiger partial charge in [-0.05, 0) is 67.0 Å². The molecule has 3 amide bonds. The maximum absolute atomic E-state index is 13.9. The number of phenolic OH excluding ortho intramolecular Hbond substituents is 2. The van der Waals surface area contributed by atoms with Gasteiger partial charge in [0.25, 0.3) is 0 Å². The monoisotopic (exact) mass is 715 g/mol.